The Morgan fingerprint density at radius 3 is 2.54 bits per heavy atom. The lowest BCUT2D eigenvalue weighted by Crippen LogP contribution is -2.14. The number of carbonyl (C=O) groups is 1. The lowest BCUT2D eigenvalue weighted by atomic mass is 10.1. The lowest BCUT2D eigenvalue weighted by Gasteiger charge is -2.03. The molecule has 6 nitrogen and oxygen atoms in total. The highest BCUT2D eigenvalue weighted by atomic mass is 19.3. The molecule has 8 heteroatoms. The maximum absolute atomic E-state index is 12.5. The van der Waals surface area contributed by atoms with E-state index in [0.717, 1.165) is 11.8 Å². The van der Waals surface area contributed by atoms with E-state index < -0.39 is 12.5 Å². The Labute approximate surface area is 136 Å². The molecule has 0 unspecified atom stereocenters. The van der Waals surface area contributed by atoms with Crippen molar-refractivity contribution < 1.29 is 13.6 Å². The predicted octanol–water partition coefficient (Wildman–Crippen LogP) is 3.08. The minimum Gasteiger partial charge on any atom is -0.304 e. The zero-order valence-corrected chi connectivity index (χ0v) is 12.9. The highest BCUT2D eigenvalue weighted by molar-refractivity contribution is 6.02. The largest absolute Gasteiger partial charge is 0.333 e. The van der Waals surface area contributed by atoms with Gasteiger partial charge in [0.15, 0.2) is 11.5 Å². The van der Waals surface area contributed by atoms with Crippen molar-refractivity contribution in [2.24, 2.45) is 0 Å². The SMILES string of the molecule is Cc1ccc(Cn2ccc(NC(=O)c3ccn(C(F)F)n3)n2)cc1. The number of nitrogens with one attached hydrogen (secondary N) is 1. The maximum Gasteiger partial charge on any atom is 0.333 e. The van der Waals surface area contributed by atoms with E-state index in [-0.39, 0.29) is 5.69 Å². The van der Waals surface area contributed by atoms with Gasteiger partial charge in [0.05, 0.1) is 6.54 Å². The first kappa shape index (κ1) is 15.9. The van der Waals surface area contributed by atoms with Crippen LogP contribution < -0.4 is 5.32 Å². The van der Waals surface area contributed by atoms with E-state index in [1.54, 1.807) is 16.9 Å². The summed E-state index contributed by atoms with van der Waals surface area (Å²) >= 11 is 0. The number of rotatable bonds is 5. The maximum atomic E-state index is 12.5. The van der Waals surface area contributed by atoms with Crippen LogP contribution in [0, 0.1) is 6.92 Å². The molecule has 0 fully saturated rings. The number of aryl methyl sites for hydroxylation is 1. The summed E-state index contributed by atoms with van der Waals surface area (Å²) in [4.78, 5) is 12.0. The number of amides is 1. The van der Waals surface area contributed by atoms with Gasteiger partial charge in [-0.1, -0.05) is 29.8 Å². The zero-order valence-electron chi connectivity index (χ0n) is 12.9. The van der Waals surface area contributed by atoms with Crippen LogP contribution >= 0.6 is 0 Å². The minimum absolute atomic E-state index is 0.0941. The summed E-state index contributed by atoms with van der Waals surface area (Å²) in [6, 6.07) is 10.9. The van der Waals surface area contributed by atoms with Gasteiger partial charge >= 0.3 is 6.55 Å². The van der Waals surface area contributed by atoms with Gasteiger partial charge in [-0.3, -0.25) is 9.48 Å². The number of halogens is 2. The molecular formula is C16H15F2N5O. The van der Waals surface area contributed by atoms with Crippen molar-refractivity contribution in [1.29, 1.82) is 0 Å². The molecule has 0 saturated heterocycles. The zero-order chi connectivity index (χ0) is 17.1. The molecule has 124 valence electrons. The highest BCUT2D eigenvalue weighted by Crippen LogP contribution is 2.11. The Morgan fingerprint density at radius 1 is 1.12 bits per heavy atom. The van der Waals surface area contributed by atoms with E-state index in [0.29, 0.717) is 17.0 Å². The van der Waals surface area contributed by atoms with Crippen molar-refractivity contribution in [2.45, 2.75) is 20.0 Å². The summed E-state index contributed by atoms with van der Waals surface area (Å²) in [5.41, 5.74) is 2.16. The highest BCUT2D eigenvalue weighted by Gasteiger charge is 2.14. The predicted molar refractivity (Wildman–Crippen MR) is 83.9 cm³/mol. The summed E-state index contributed by atoms with van der Waals surface area (Å²) in [5.74, 6) is -0.256. The van der Waals surface area contributed by atoms with Crippen LogP contribution in [0.3, 0.4) is 0 Å². The summed E-state index contributed by atoms with van der Waals surface area (Å²) in [7, 11) is 0. The molecule has 2 heterocycles. The van der Waals surface area contributed by atoms with Gasteiger partial charge in [-0.2, -0.15) is 19.0 Å². The van der Waals surface area contributed by atoms with Crippen LogP contribution in [0.25, 0.3) is 0 Å². The fourth-order valence-corrected chi connectivity index (χ4v) is 2.15. The van der Waals surface area contributed by atoms with Crippen LogP contribution in [0.5, 0.6) is 0 Å². The second-order valence-corrected chi connectivity index (χ2v) is 5.30. The first-order valence-electron chi connectivity index (χ1n) is 7.25. The first-order chi connectivity index (χ1) is 11.5. The second kappa shape index (κ2) is 6.61. The quantitative estimate of drug-likeness (QED) is 0.781. The standard InChI is InChI=1S/C16H15F2N5O/c1-11-2-4-12(5-3-11)10-22-8-7-14(21-22)19-15(24)13-6-9-23(20-13)16(17)18/h2-9,16H,10H2,1H3,(H,19,21,24). The number of aromatic nitrogens is 4. The summed E-state index contributed by atoms with van der Waals surface area (Å²) in [6.07, 6.45) is 2.78. The molecule has 0 aliphatic carbocycles. The minimum atomic E-state index is -2.78. The Morgan fingerprint density at radius 2 is 1.88 bits per heavy atom. The number of benzene rings is 1. The average Bonchev–Trinajstić information content (AvgIpc) is 3.19. The Bertz CT molecular complexity index is 838. The topological polar surface area (TPSA) is 64.7 Å². The van der Waals surface area contributed by atoms with Crippen LogP contribution in [0.2, 0.25) is 0 Å². The number of carbonyl (C=O) groups excluding carboxylic acids is 1. The van der Waals surface area contributed by atoms with Gasteiger partial charge < -0.3 is 5.32 Å². The van der Waals surface area contributed by atoms with Crippen molar-refractivity contribution >= 4 is 11.7 Å². The number of alkyl halides is 2. The van der Waals surface area contributed by atoms with Gasteiger partial charge in [0, 0.05) is 18.5 Å². The fraction of sp³-hybridized carbons (Fsp3) is 0.188. The summed E-state index contributed by atoms with van der Waals surface area (Å²) in [5, 5.41) is 10.3. The number of nitrogens with zero attached hydrogens (tertiary/aromatic N) is 4. The molecule has 1 aromatic carbocycles. The smallest absolute Gasteiger partial charge is 0.304 e. The van der Waals surface area contributed by atoms with Crippen LogP contribution in [0.1, 0.15) is 28.2 Å². The van der Waals surface area contributed by atoms with Crippen molar-refractivity contribution in [2.75, 3.05) is 5.32 Å². The molecule has 24 heavy (non-hydrogen) atoms. The number of anilines is 1. The average molecular weight is 331 g/mol. The van der Waals surface area contributed by atoms with Crippen LogP contribution in [0.4, 0.5) is 14.6 Å². The second-order valence-electron chi connectivity index (χ2n) is 5.30. The van der Waals surface area contributed by atoms with E-state index in [1.807, 2.05) is 31.2 Å². The van der Waals surface area contributed by atoms with Crippen molar-refractivity contribution in [3.63, 3.8) is 0 Å². The monoisotopic (exact) mass is 331 g/mol. The van der Waals surface area contributed by atoms with Gasteiger partial charge in [0.2, 0.25) is 0 Å². The van der Waals surface area contributed by atoms with Gasteiger partial charge in [-0.25, -0.2) is 4.68 Å². The number of hydrogen-bond donors (Lipinski definition) is 1. The van der Waals surface area contributed by atoms with Crippen LogP contribution in [-0.2, 0) is 6.54 Å². The Hall–Kier alpha value is -3.03. The molecule has 0 saturated carbocycles. The molecule has 0 spiro atoms. The van der Waals surface area contributed by atoms with E-state index in [2.05, 4.69) is 15.5 Å². The third kappa shape index (κ3) is 3.65. The Kier molecular flexibility index (Phi) is 4.37. The molecule has 1 amide bonds. The summed E-state index contributed by atoms with van der Waals surface area (Å²) in [6.45, 7) is -0.197. The third-order valence-electron chi connectivity index (χ3n) is 3.39. The van der Waals surface area contributed by atoms with Crippen molar-refractivity contribution in [1.82, 2.24) is 19.6 Å². The van der Waals surface area contributed by atoms with E-state index >= 15 is 0 Å². The van der Waals surface area contributed by atoms with Crippen LogP contribution in [0.15, 0.2) is 48.8 Å². The van der Waals surface area contributed by atoms with Gasteiger partial charge in [0.25, 0.3) is 5.91 Å². The number of hydrogen-bond acceptors (Lipinski definition) is 3. The molecule has 0 aliphatic rings. The van der Waals surface area contributed by atoms with Gasteiger partial charge in [-0.05, 0) is 18.6 Å². The lowest BCUT2D eigenvalue weighted by molar-refractivity contribution is 0.0561. The van der Waals surface area contributed by atoms with Gasteiger partial charge in [0.1, 0.15) is 0 Å². The fourth-order valence-electron chi connectivity index (χ4n) is 2.15. The van der Waals surface area contributed by atoms with Crippen molar-refractivity contribution in [3.05, 3.63) is 65.6 Å². The van der Waals surface area contributed by atoms with Crippen LogP contribution in [-0.4, -0.2) is 25.5 Å². The van der Waals surface area contributed by atoms with E-state index in [9.17, 15) is 13.6 Å². The van der Waals surface area contributed by atoms with E-state index in [1.165, 1.54) is 11.6 Å². The summed E-state index contributed by atoms with van der Waals surface area (Å²) < 4.78 is 27.0. The third-order valence-corrected chi connectivity index (χ3v) is 3.39. The molecular weight excluding hydrogens is 316 g/mol. The molecule has 0 aliphatic heterocycles. The normalized spacial score (nSPS) is 11.0. The molecule has 0 radical (unpaired) electrons. The molecule has 0 bridgehead atoms. The first-order valence-corrected chi connectivity index (χ1v) is 7.25. The molecule has 3 rings (SSSR count). The Balaban J connectivity index is 1.64. The van der Waals surface area contributed by atoms with E-state index in [4.69, 9.17) is 0 Å². The molecule has 2 aromatic heterocycles. The molecule has 1 N–H and O–H groups in total. The van der Waals surface area contributed by atoms with Gasteiger partial charge in [-0.15, -0.1) is 0 Å². The molecule has 0 atom stereocenters. The molecule has 3 aromatic rings. The van der Waals surface area contributed by atoms with Crippen molar-refractivity contribution in [3.8, 4) is 0 Å².